The van der Waals surface area contributed by atoms with Crippen molar-refractivity contribution in [3.63, 3.8) is 0 Å². The second-order valence-corrected chi connectivity index (χ2v) is 9.29. The molecule has 0 saturated carbocycles. The third kappa shape index (κ3) is 6.27. The Bertz CT molecular complexity index is 845. The number of hydrogen-bond donors (Lipinski definition) is 2. The number of piperidine rings is 1. The lowest BCUT2D eigenvalue weighted by atomic mass is 9.97. The molecule has 2 N–H and O–H groups in total. The van der Waals surface area contributed by atoms with E-state index in [1.807, 2.05) is 4.90 Å². The molecule has 2 saturated heterocycles. The molecule has 9 nitrogen and oxygen atoms in total. The zero-order valence-corrected chi connectivity index (χ0v) is 19.4. The molecule has 1 atom stereocenters. The van der Waals surface area contributed by atoms with Crippen LogP contribution in [0.3, 0.4) is 0 Å². The van der Waals surface area contributed by atoms with E-state index in [4.69, 9.17) is 9.47 Å². The van der Waals surface area contributed by atoms with Crippen LogP contribution >= 0.6 is 0 Å². The summed E-state index contributed by atoms with van der Waals surface area (Å²) in [6, 6.07) is 5.06. The third-order valence-electron chi connectivity index (χ3n) is 5.54. The molecule has 0 aromatic heterocycles. The van der Waals surface area contributed by atoms with E-state index >= 15 is 0 Å². The van der Waals surface area contributed by atoms with Crippen molar-refractivity contribution in [1.82, 2.24) is 9.80 Å². The number of nitrogens with one attached hydrogen (secondary N) is 2. The summed E-state index contributed by atoms with van der Waals surface area (Å²) in [4.78, 5) is 41.5. The van der Waals surface area contributed by atoms with Crippen LogP contribution in [0.5, 0.6) is 5.75 Å². The Balaban J connectivity index is 1.63. The van der Waals surface area contributed by atoms with Crippen LogP contribution in [0, 0.1) is 5.92 Å². The van der Waals surface area contributed by atoms with Gasteiger partial charge in [-0.1, -0.05) is 0 Å². The molecule has 2 aliphatic rings. The second kappa shape index (κ2) is 10.1. The Morgan fingerprint density at radius 2 is 1.69 bits per heavy atom. The van der Waals surface area contributed by atoms with Crippen molar-refractivity contribution in [2.24, 2.45) is 5.92 Å². The summed E-state index contributed by atoms with van der Waals surface area (Å²) in [6.45, 7) is 8.04. The van der Waals surface area contributed by atoms with Crippen LogP contribution in [-0.4, -0.2) is 66.7 Å². The lowest BCUT2D eigenvalue weighted by Crippen LogP contribution is -2.48. The molecule has 1 aromatic rings. The highest BCUT2D eigenvalue weighted by atomic mass is 16.6. The van der Waals surface area contributed by atoms with E-state index in [1.165, 1.54) is 7.11 Å². The molecule has 9 heteroatoms. The smallest absolute Gasteiger partial charge is 0.412 e. The van der Waals surface area contributed by atoms with Crippen LogP contribution in [0.4, 0.5) is 21.0 Å². The van der Waals surface area contributed by atoms with Gasteiger partial charge in [-0.05, 0) is 64.7 Å². The number of hydrogen-bond acceptors (Lipinski definition) is 5. The SMILES string of the molecule is COc1ccc(NC(=O)[C@H]2CCCN(C(=O)N3CCCC3)C2)cc1NC(=O)OC(C)(C)C. The average Bonchev–Trinajstić information content (AvgIpc) is 3.27. The minimum absolute atomic E-state index is 0.0355. The van der Waals surface area contributed by atoms with Crippen molar-refractivity contribution in [2.75, 3.05) is 43.9 Å². The Morgan fingerprint density at radius 3 is 2.34 bits per heavy atom. The summed E-state index contributed by atoms with van der Waals surface area (Å²) in [6.07, 6.45) is 3.00. The van der Waals surface area contributed by atoms with Crippen LogP contribution in [0.1, 0.15) is 46.5 Å². The van der Waals surface area contributed by atoms with Gasteiger partial charge in [0.2, 0.25) is 5.91 Å². The third-order valence-corrected chi connectivity index (χ3v) is 5.54. The van der Waals surface area contributed by atoms with Gasteiger partial charge in [0.15, 0.2) is 0 Å². The van der Waals surface area contributed by atoms with Crippen LogP contribution in [0.15, 0.2) is 18.2 Å². The molecule has 0 bridgehead atoms. The predicted octanol–water partition coefficient (Wildman–Crippen LogP) is 3.91. The monoisotopic (exact) mass is 446 g/mol. The maximum absolute atomic E-state index is 12.9. The van der Waals surface area contributed by atoms with E-state index in [0.717, 1.165) is 38.8 Å². The van der Waals surface area contributed by atoms with Gasteiger partial charge in [-0.15, -0.1) is 0 Å². The minimum atomic E-state index is -0.636. The van der Waals surface area contributed by atoms with E-state index in [2.05, 4.69) is 10.6 Å². The van der Waals surface area contributed by atoms with E-state index < -0.39 is 11.7 Å². The zero-order valence-electron chi connectivity index (χ0n) is 19.4. The molecule has 32 heavy (non-hydrogen) atoms. The quantitative estimate of drug-likeness (QED) is 0.730. The molecule has 0 spiro atoms. The number of likely N-dealkylation sites (tertiary alicyclic amines) is 2. The van der Waals surface area contributed by atoms with Crippen molar-refractivity contribution in [2.45, 2.75) is 52.1 Å². The first-order valence-electron chi connectivity index (χ1n) is 11.2. The van der Waals surface area contributed by atoms with Crippen LogP contribution in [-0.2, 0) is 9.53 Å². The van der Waals surface area contributed by atoms with E-state index in [-0.39, 0.29) is 17.9 Å². The summed E-state index contributed by atoms with van der Waals surface area (Å²) in [5.41, 5.74) is 0.293. The van der Waals surface area contributed by atoms with Crippen molar-refractivity contribution >= 4 is 29.4 Å². The molecular weight excluding hydrogens is 412 g/mol. The van der Waals surface area contributed by atoms with Gasteiger partial charge in [0.1, 0.15) is 11.4 Å². The highest BCUT2D eigenvalue weighted by Gasteiger charge is 2.31. The summed E-state index contributed by atoms with van der Waals surface area (Å²) >= 11 is 0. The molecule has 4 amide bonds. The predicted molar refractivity (Wildman–Crippen MR) is 122 cm³/mol. The fourth-order valence-corrected chi connectivity index (χ4v) is 4.01. The topological polar surface area (TPSA) is 100 Å². The fourth-order valence-electron chi connectivity index (χ4n) is 4.01. The van der Waals surface area contributed by atoms with Gasteiger partial charge < -0.3 is 24.6 Å². The molecular formula is C23H34N4O5. The number of benzene rings is 1. The first-order chi connectivity index (χ1) is 15.2. The van der Waals surface area contributed by atoms with E-state index in [0.29, 0.717) is 30.2 Å². The molecule has 1 aromatic carbocycles. The van der Waals surface area contributed by atoms with Gasteiger partial charge in [0.25, 0.3) is 0 Å². The van der Waals surface area contributed by atoms with Gasteiger partial charge in [-0.25, -0.2) is 9.59 Å². The Labute approximate surface area is 189 Å². The normalized spacial score (nSPS) is 18.8. The number of rotatable bonds is 4. The summed E-state index contributed by atoms with van der Waals surface area (Å²) < 4.78 is 10.6. The Kier molecular flexibility index (Phi) is 7.48. The van der Waals surface area contributed by atoms with Crippen LogP contribution < -0.4 is 15.4 Å². The zero-order chi connectivity index (χ0) is 23.3. The van der Waals surface area contributed by atoms with Crippen LogP contribution in [0.2, 0.25) is 0 Å². The average molecular weight is 447 g/mol. The number of ether oxygens (including phenoxy) is 2. The van der Waals surface area contributed by atoms with Gasteiger partial charge >= 0.3 is 12.1 Å². The highest BCUT2D eigenvalue weighted by molar-refractivity contribution is 5.95. The number of carbonyl (C=O) groups excluding carboxylic acids is 3. The molecule has 0 unspecified atom stereocenters. The molecule has 3 rings (SSSR count). The lowest BCUT2D eigenvalue weighted by Gasteiger charge is -2.34. The van der Waals surface area contributed by atoms with Gasteiger partial charge in [-0.2, -0.15) is 0 Å². The fraction of sp³-hybridized carbons (Fsp3) is 0.609. The van der Waals surface area contributed by atoms with Crippen molar-refractivity contribution in [3.8, 4) is 5.75 Å². The van der Waals surface area contributed by atoms with Gasteiger partial charge in [0, 0.05) is 31.9 Å². The van der Waals surface area contributed by atoms with Crippen molar-refractivity contribution < 1.29 is 23.9 Å². The number of amides is 4. The molecule has 2 fully saturated rings. The maximum atomic E-state index is 12.9. The van der Waals surface area contributed by atoms with Crippen LogP contribution in [0.25, 0.3) is 0 Å². The second-order valence-electron chi connectivity index (χ2n) is 9.29. The molecule has 176 valence electrons. The highest BCUT2D eigenvalue weighted by Crippen LogP contribution is 2.29. The summed E-state index contributed by atoms with van der Waals surface area (Å²) in [5, 5.41) is 5.58. The number of anilines is 2. The number of carbonyl (C=O) groups is 3. The van der Waals surface area contributed by atoms with E-state index in [9.17, 15) is 14.4 Å². The standard InChI is InChI=1S/C23H34N4O5/c1-23(2,3)32-21(29)25-18-14-17(9-10-19(18)31-4)24-20(28)16-8-7-13-27(15-16)22(30)26-11-5-6-12-26/h9-10,14,16H,5-8,11-13,15H2,1-4H3,(H,24,28)(H,25,29)/t16-/m0/s1. The number of nitrogens with zero attached hydrogens (tertiary/aromatic N) is 2. The molecule has 2 aliphatic heterocycles. The van der Waals surface area contributed by atoms with Crippen molar-refractivity contribution in [1.29, 1.82) is 0 Å². The number of methoxy groups -OCH3 is 1. The Hall–Kier alpha value is -2.97. The van der Waals surface area contributed by atoms with Gasteiger partial charge in [0.05, 0.1) is 18.7 Å². The summed E-state index contributed by atoms with van der Waals surface area (Å²) in [7, 11) is 1.50. The Morgan fingerprint density at radius 1 is 1.00 bits per heavy atom. The first kappa shape index (κ1) is 23.7. The maximum Gasteiger partial charge on any atom is 0.412 e. The van der Waals surface area contributed by atoms with Gasteiger partial charge in [-0.3, -0.25) is 10.1 Å². The number of urea groups is 1. The van der Waals surface area contributed by atoms with E-state index in [1.54, 1.807) is 43.9 Å². The largest absolute Gasteiger partial charge is 0.495 e. The molecule has 0 aliphatic carbocycles. The lowest BCUT2D eigenvalue weighted by molar-refractivity contribution is -0.121. The molecule has 0 radical (unpaired) electrons. The minimum Gasteiger partial charge on any atom is -0.495 e. The molecule has 2 heterocycles. The van der Waals surface area contributed by atoms with Crippen molar-refractivity contribution in [3.05, 3.63) is 18.2 Å². The first-order valence-corrected chi connectivity index (χ1v) is 11.2. The summed E-state index contributed by atoms with van der Waals surface area (Å²) in [5.74, 6) is 0.0332.